The van der Waals surface area contributed by atoms with E-state index in [0.29, 0.717) is 25.7 Å². The summed E-state index contributed by atoms with van der Waals surface area (Å²) in [6.45, 7) is 1.81. The number of carbonyl (C=O) groups is 2. The predicted octanol–water partition coefficient (Wildman–Crippen LogP) is 2.15. The first kappa shape index (κ1) is 21.5. The van der Waals surface area contributed by atoms with E-state index < -0.39 is 0 Å². The minimum absolute atomic E-state index is 0.0334. The first-order valence-electron chi connectivity index (χ1n) is 12.1. The summed E-state index contributed by atoms with van der Waals surface area (Å²) in [5.41, 5.74) is 2.11. The Hall–Kier alpha value is -2.36. The van der Waals surface area contributed by atoms with Crippen LogP contribution in [-0.4, -0.2) is 71.7 Å². The number of carbonyl (C=O) groups excluding carboxylic acids is 2. The Morgan fingerprint density at radius 2 is 1.81 bits per heavy atom. The fourth-order valence-corrected chi connectivity index (χ4v) is 5.91. The molecule has 3 aliphatic heterocycles. The molecule has 1 saturated carbocycles. The monoisotopic (exact) mass is 436 g/mol. The van der Waals surface area contributed by atoms with Crippen molar-refractivity contribution in [3.05, 3.63) is 35.4 Å². The molecule has 5 rings (SSSR count). The van der Waals surface area contributed by atoms with Crippen LogP contribution in [0.3, 0.4) is 0 Å². The predicted molar refractivity (Wildman–Crippen MR) is 120 cm³/mol. The van der Waals surface area contributed by atoms with E-state index >= 15 is 0 Å². The highest BCUT2D eigenvalue weighted by molar-refractivity contribution is 5.88. The molecule has 4 fully saturated rings. The summed E-state index contributed by atoms with van der Waals surface area (Å²) < 4.78 is 5.38. The molecule has 32 heavy (non-hydrogen) atoms. The summed E-state index contributed by atoms with van der Waals surface area (Å²) in [6.07, 6.45) is 6.44. The molecule has 0 unspecified atom stereocenters. The topological polar surface area (TPSA) is 70.1 Å². The number of ether oxygens (including phenoxy) is 1. The lowest BCUT2D eigenvalue weighted by atomic mass is 9.73. The number of benzene rings is 1. The van der Waals surface area contributed by atoms with Crippen molar-refractivity contribution in [1.82, 2.24) is 9.80 Å². The van der Waals surface area contributed by atoms with Crippen molar-refractivity contribution in [2.75, 3.05) is 32.9 Å². The van der Waals surface area contributed by atoms with Gasteiger partial charge in [-0.25, -0.2) is 0 Å². The third-order valence-electron chi connectivity index (χ3n) is 7.71. The molecule has 1 aliphatic carbocycles. The van der Waals surface area contributed by atoms with Crippen LogP contribution in [0.2, 0.25) is 0 Å². The van der Waals surface area contributed by atoms with Crippen LogP contribution in [0.25, 0.3) is 0 Å². The second kappa shape index (κ2) is 9.25. The van der Waals surface area contributed by atoms with E-state index in [-0.39, 0.29) is 48.9 Å². The van der Waals surface area contributed by atoms with Gasteiger partial charge in [-0.15, -0.1) is 0 Å². The maximum absolute atomic E-state index is 13.0. The van der Waals surface area contributed by atoms with Crippen molar-refractivity contribution in [1.29, 1.82) is 0 Å². The van der Waals surface area contributed by atoms with Gasteiger partial charge < -0.3 is 19.6 Å². The van der Waals surface area contributed by atoms with Gasteiger partial charge in [0.05, 0.1) is 25.2 Å². The Balaban J connectivity index is 1.30. The zero-order valence-corrected chi connectivity index (χ0v) is 18.5. The Labute approximate surface area is 189 Å². The number of fused-ring (bicyclic) bond motifs is 1. The number of amides is 2. The van der Waals surface area contributed by atoms with Gasteiger partial charge in [0.15, 0.2) is 0 Å². The highest BCUT2D eigenvalue weighted by atomic mass is 16.5. The Morgan fingerprint density at radius 1 is 1.09 bits per heavy atom. The highest BCUT2D eigenvalue weighted by Gasteiger charge is 2.54. The maximum atomic E-state index is 13.0. The Kier molecular flexibility index (Phi) is 6.21. The van der Waals surface area contributed by atoms with Gasteiger partial charge in [-0.3, -0.25) is 9.59 Å². The molecule has 1 aromatic carbocycles. The van der Waals surface area contributed by atoms with Crippen LogP contribution < -0.4 is 0 Å². The number of aliphatic hydroxyl groups excluding tert-OH is 1. The summed E-state index contributed by atoms with van der Waals surface area (Å²) >= 11 is 0. The Morgan fingerprint density at radius 3 is 2.50 bits per heavy atom. The standard InChI is InChI=1S/C26H32N2O4/c29-17-23-25(20-9-7-19(8-10-20)6-5-18-3-1-2-4-18)22-15-27(16-24(30)28(22)23)26(31)21-11-13-32-14-12-21/h7-10,18,21-23,25,29H,1-4,11-17H2/t22-,23-,25-/m0/s1. The second-order valence-corrected chi connectivity index (χ2v) is 9.62. The third-order valence-corrected chi connectivity index (χ3v) is 7.71. The fourth-order valence-electron chi connectivity index (χ4n) is 5.91. The van der Waals surface area contributed by atoms with Crippen LogP contribution in [0.1, 0.15) is 55.6 Å². The molecule has 0 aromatic heterocycles. The van der Waals surface area contributed by atoms with E-state index in [2.05, 4.69) is 24.0 Å². The van der Waals surface area contributed by atoms with Crippen molar-refractivity contribution in [3.8, 4) is 11.8 Å². The van der Waals surface area contributed by atoms with Crippen molar-refractivity contribution in [3.63, 3.8) is 0 Å². The summed E-state index contributed by atoms with van der Waals surface area (Å²) in [6, 6.07) is 7.95. The molecule has 2 amide bonds. The van der Waals surface area contributed by atoms with Crippen molar-refractivity contribution in [2.24, 2.45) is 11.8 Å². The Bertz CT molecular complexity index is 906. The average Bonchev–Trinajstić information content (AvgIpc) is 3.33. The number of hydrogen-bond donors (Lipinski definition) is 1. The van der Waals surface area contributed by atoms with E-state index in [4.69, 9.17) is 4.74 Å². The van der Waals surface area contributed by atoms with E-state index in [0.717, 1.165) is 24.0 Å². The number of aliphatic hydroxyl groups is 1. The smallest absolute Gasteiger partial charge is 0.242 e. The molecule has 170 valence electrons. The van der Waals surface area contributed by atoms with Gasteiger partial charge in [0.25, 0.3) is 0 Å². The number of nitrogens with zero attached hydrogens (tertiary/aromatic N) is 2. The minimum Gasteiger partial charge on any atom is -0.394 e. The molecule has 1 N–H and O–H groups in total. The number of rotatable bonds is 3. The van der Waals surface area contributed by atoms with Crippen LogP contribution in [0.5, 0.6) is 0 Å². The van der Waals surface area contributed by atoms with Crippen molar-refractivity contribution >= 4 is 11.8 Å². The zero-order chi connectivity index (χ0) is 22.1. The molecule has 0 radical (unpaired) electrons. The van der Waals surface area contributed by atoms with Crippen LogP contribution >= 0.6 is 0 Å². The van der Waals surface area contributed by atoms with E-state index in [9.17, 15) is 14.7 Å². The molecule has 6 heteroatoms. The molecular formula is C26H32N2O4. The highest BCUT2D eigenvalue weighted by Crippen LogP contribution is 2.43. The first-order chi connectivity index (χ1) is 15.7. The lowest BCUT2D eigenvalue weighted by Gasteiger charge is -2.59. The van der Waals surface area contributed by atoms with Crippen molar-refractivity contribution in [2.45, 2.75) is 56.5 Å². The minimum atomic E-state index is -0.219. The fraction of sp³-hybridized carbons (Fsp3) is 0.615. The SMILES string of the molecule is O=C(C1CCOCC1)N1CC(=O)N2[C@@H](CO)[C@@H](c3ccc(C#CC4CCCC4)cc3)[C@@H]2C1. The normalized spacial score (nSPS) is 28.7. The zero-order valence-electron chi connectivity index (χ0n) is 18.5. The van der Waals surface area contributed by atoms with E-state index in [1.165, 1.54) is 25.7 Å². The quantitative estimate of drug-likeness (QED) is 0.738. The molecular weight excluding hydrogens is 404 g/mol. The average molecular weight is 437 g/mol. The van der Waals surface area contributed by atoms with Crippen LogP contribution in [0.15, 0.2) is 24.3 Å². The largest absolute Gasteiger partial charge is 0.394 e. The van der Waals surface area contributed by atoms with Crippen LogP contribution in [-0.2, 0) is 14.3 Å². The molecule has 6 nitrogen and oxygen atoms in total. The number of piperazine rings is 1. The van der Waals surface area contributed by atoms with Gasteiger partial charge in [-0.05, 0) is 43.4 Å². The van der Waals surface area contributed by atoms with Gasteiger partial charge in [-0.2, -0.15) is 0 Å². The lowest BCUT2D eigenvalue weighted by molar-refractivity contribution is -0.169. The third kappa shape index (κ3) is 4.04. The summed E-state index contributed by atoms with van der Waals surface area (Å²) in [5.74, 6) is 7.24. The summed E-state index contributed by atoms with van der Waals surface area (Å²) in [4.78, 5) is 29.4. The summed E-state index contributed by atoms with van der Waals surface area (Å²) in [7, 11) is 0. The van der Waals surface area contributed by atoms with Gasteiger partial charge in [-0.1, -0.05) is 36.8 Å². The molecule has 3 heterocycles. The van der Waals surface area contributed by atoms with Gasteiger partial charge in [0.2, 0.25) is 11.8 Å². The van der Waals surface area contributed by atoms with Gasteiger partial charge in [0.1, 0.15) is 0 Å². The van der Waals surface area contributed by atoms with Crippen LogP contribution in [0.4, 0.5) is 0 Å². The lowest BCUT2D eigenvalue weighted by Crippen LogP contribution is -2.73. The second-order valence-electron chi connectivity index (χ2n) is 9.62. The molecule has 4 aliphatic rings. The molecule has 3 atom stereocenters. The van der Waals surface area contributed by atoms with E-state index in [1.807, 2.05) is 12.1 Å². The molecule has 0 spiro atoms. The van der Waals surface area contributed by atoms with Crippen molar-refractivity contribution < 1.29 is 19.4 Å². The van der Waals surface area contributed by atoms with Gasteiger partial charge >= 0.3 is 0 Å². The molecule has 0 bridgehead atoms. The molecule has 1 aromatic rings. The summed E-state index contributed by atoms with van der Waals surface area (Å²) in [5, 5.41) is 10.0. The van der Waals surface area contributed by atoms with E-state index in [1.54, 1.807) is 9.80 Å². The first-order valence-corrected chi connectivity index (χ1v) is 12.1. The maximum Gasteiger partial charge on any atom is 0.242 e. The van der Waals surface area contributed by atoms with Crippen LogP contribution in [0, 0.1) is 23.7 Å². The number of hydrogen-bond acceptors (Lipinski definition) is 4. The molecule has 3 saturated heterocycles. The van der Waals surface area contributed by atoms with Gasteiger partial charge in [0, 0.05) is 43.1 Å².